The van der Waals surface area contributed by atoms with Gasteiger partial charge in [-0.2, -0.15) is 0 Å². The van der Waals surface area contributed by atoms with E-state index in [4.69, 9.17) is 4.98 Å². The van der Waals surface area contributed by atoms with Crippen molar-refractivity contribution in [2.24, 2.45) is 0 Å². The first kappa shape index (κ1) is 26.1. The van der Waals surface area contributed by atoms with E-state index < -0.39 is 15.1 Å². The maximum absolute atomic E-state index is 13.0. The summed E-state index contributed by atoms with van der Waals surface area (Å²) in [5.41, 5.74) is 4.20. The second kappa shape index (κ2) is 11.1. The van der Waals surface area contributed by atoms with Gasteiger partial charge in [0.15, 0.2) is 9.84 Å². The van der Waals surface area contributed by atoms with Crippen molar-refractivity contribution >= 4 is 26.8 Å². The molecule has 0 saturated carbocycles. The minimum atomic E-state index is -3.31. The van der Waals surface area contributed by atoms with Crippen molar-refractivity contribution in [2.75, 3.05) is 26.2 Å². The number of carbonyl (C=O) groups excluding carboxylic acids is 1. The van der Waals surface area contributed by atoms with Crippen LogP contribution in [0, 0.1) is 0 Å². The molecular formula is C30H34N4O3S. The number of hydrogen-bond donors (Lipinski definition) is 0. The summed E-state index contributed by atoms with van der Waals surface area (Å²) in [6, 6.07) is 25.4. The van der Waals surface area contributed by atoms with E-state index in [1.54, 1.807) is 38.1 Å². The molecule has 0 aliphatic carbocycles. The molecular weight excluding hydrogens is 496 g/mol. The molecule has 0 unspecified atom stereocenters. The van der Waals surface area contributed by atoms with Crippen LogP contribution < -0.4 is 0 Å². The number of amides is 1. The summed E-state index contributed by atoms with van der Waals surface area (Å²) in [5.74, 6) is 1.10. The fraction of sp³-hybridized carbons (Fsp3) is 0.333. The summed E-state index contributed by atoms with van der Waals surface area (Å²) in [6.45, 7) is 7.74. The third kappa shape index (κ3) is 5.66. The lowest BCUT2D eigenvalue weighted by Gasteiger charge is -2.34. The highest BCUT2D eigenvalue weighted by Crippen LogP contribution is 2.21. The second-order valence-electron chi connectivity index (χ2n) is 10.2. The lowest BCUT2D eigenvalue weighted by atomic mass is 10.1. The van der Waals surface area contributed by atoms with Gasteiger partial charge in [-0.3, -0.25) is 9.69 Å². The number of rotatable bonds is 8. The number of nitrogens with zero attached hydrogens (tertiary/aromatic N) is 4. The number of carbonyl (C=O) groups is 1. The normalized spacial score (nSPS) is 14.9. The fourth-order valence-electron chi connectivity index (χ4n) is 4.90. The van der Waals surface area contributed by atoms with Crippen LogP contribution in [-0.4, -0.2) is 65.1 Å². The highest BCUT2D eigenvalue weighted by molar-refractivity contribution is 7.92. The lowest BCUT2D eigenvalue weighted by molar-refractivity contribution is -0.132. The van der Waals surface area contributed by atoms with Gasteiger partial charge in [-0.25, -0.2) is 13.4 Å². The van der Waals surface area contributed by atoms with E-state index in [-0.39, 0.29) is 12.3 Å². The smallest absolute Gasteiger partial charge is 0.227 e. The molecule has 0 radical (unpaired) electrons. The Labute approximate surface area is 224 Å². The Morgan fingerprint density at radius 3 is 2.16 bits per heavy atom. The van der Waals surface area contributed by atoms with Crippen LogP contribution in [0.5, 0.6) is 0 Å². The van der Waals surface area contributed by atoms with Crippen LogP contribution in [0.15, 0.2) is 83.8 Å². The van der Waals surface area contributed by atoms with Crippen LogP contribution in [0.1, 0.15) is 30.8 Å². The van der Waals surface area contributed by atoms with E-state index in [2.05, 4.69) is 51.9 Å². The van der Waals surface area contributed by atoms with Crippen LogP contribution in [0.2, 0.25) is 0 Å². The number of imidazole rings is 1. The van der Waals surface area contributed by atoms with E-state index in [9.17, 15) is 13.2 Å². The van der Waals surface area contributed by atoms with Gasteiger partial charge in [0.2, 0.25) is 5.91 Å². The van der Waals surface area contributed by atoms with E-state index in [1.807, 2.05) is 17.0 Å². The van der Waals surface area contributed by atoms with Crippen LogP contribution >= 0.6 is 0 Å². The predicted molar refractivity (Wildman–Crippen MR) is 150 cm³/mol. The Hall–Kier alpha value is -3.49. The molecule has 4 aromatic rings. The van der Waals surface area contributed by atoms with Gasteiger partial charge in [0.05, 0.1) is 34.1 Å². The largest absolute Gasteiger partial charge is 0.340 e. The fourth-order valence-corrected chi connectivity index (χ4v) is 5.96. The number of fused-ring (bicyclic) bond motifs is 1. The highest BCUT2D eigenvalue weighted by atomic mass is 32.2. The summed E-state index contributed by atoms with van der Waals surface area (Å²) < 4.78 is 27.0. The lowest BCUT2D eigenvalue weighted by Crippen LogP contribution is -2.49. The Morgan fingerprint density at radius 2 is 1.47 bits per heavy atom. The van der Waals surface area contributed by atoms with Crippen molar-refractivity contribution in [3.63, 3.8) is 0 Å². The quantitative estimate of drug-likeness (QED) is 0.342. The van der Waals surface area contributed by atoms with Gasteiger partial charge in [-0.15, -0.1) is 0 Å². The van der Waals surface area contributed by atoms with Crippen molar-refractivity contribution in [1.82, 2.24) is 19.4 Å². The molecule has 1 aromatic heterocycles. The summed E-state index contributed by atoms with van der Waals surface area (Å²) in [6.07, 6.45) is 0.273. The zero-order chi connectivity index (χ0) is 26.7. The first-order chi connectivity index (χ1) is 18.3. The molecule has 0 N–H and O–H groups in total. The zero-order valence-electron chi connectivity index (χ0n) is 22.0. The van der Waals surface area contributed by atoms with E-state index >= 15 is 0 Å². The number of para-hydroxylation sites is 2. The van der Waals surface area contributed by atoms with Crippen molar-refractivity contribution in [3.8, 4) is 0 Å². The van der Waals surface area contributed by atoms with Crippen molar-refractivity contribution in [2.45, 2.75) is 43.5 Å². The number of benzene rings is 3. The van der Waals surface area contributed by atoms with Crippen LogP contribution in [0.25, 0.3) is 11.0 Å². The van der Waals surface area contributed by atoms with Gasteiger partial charge in [0.25, 0.3) is 0 Å². The molecule has 3 aromatic carbocycles. The van der Waals surface area contributed by atoms with Gasteiger partial charge >= 0.3 is 0 Å². The maximum atomic E-state index is 13.0. The van der Waals surface area contributed by atoms with E-state index in [0.717, 1.165) is 48.6 Å². The first-order valence-electron chi connectivity index (χ1n) is 13.1. The Balaban J connectivity index is 1.21. The monoisotopic (exact) mass is 530 g/mol. The second-order valence-corrected chi connectivity index (χ2v) is 12.7. The van der Waals surface area contributed by atoms with E-state index in [1.165, 1.54) is 5.56 Å². The zero-order valence-corrected chi connectivity index (χ0v) is 22.8. The third-order valence-corrected chi connectivity index (χ3v) is 9.41. The average Bonchev–Trinajstić information content (AvgIpc) is 3.26. The molecule has 38 heavy (non-hydrogen) atoms. The molecule has 0 spiro atoms. The van der Waals surface area contributed by atoms with Gasteiger partial charge in [-0.1, -0.05) is 54.6 Å². The number of aromatic nitrogens is 2. The van der Waals surface area contributed by atoms with Gasteiger partial charge in [-0.05, 0) is 49.2 Å². The SMILES string of the molecule is CC(C)S(=O)(=O)c1ccc(CC(=O)N2CCN(Cc3nc4ccccc4n3Cc3ccccc3)CC2)cc1. The van der Waals surface area contributed by atoms with Gasteiger partial charge < -0.3 is 9.47 Å². The number of sulfone groups is 1. The summed E-state index contributed by atoms with van der Waals surface area (Å²) in [4.78, 5) is 22.5. The molecule has 7 nitrogen and oxygen atoms in total. The van der Waals surface area contributed by atoms with Gasteiger partial charge in [0, 0.05) is 32.7 Å². The average molecular weight is 531 g/mol. The van der Waals surface area contributed by atoms with Crippen LogP contribution in [-0.2, 0) is 34.1 Å². The standard InChI is InChI=1S/C30H34N4O3S/c1-23(2)38(36,37)26-14-12-24(13-15-26)20-30(35)33-18-16-32(17-19-33)22-29-31-27-10-6-7-11-28(27)34(29)21-25-8-4-3-5-9-25/h3-15,23H,16-22H2,1-2H3. The van der Waals surface area contributed by atoms with Crippen LogP contribution in [0.3, 0.4) is 0 Å². The minimum absolute atomic E-state index is 0.0698. The molecule has 198 valence electrons. The molecule has 2 heterocycles. The maximum Gasteiger partial charge on any atom is 0.227 e. The minimum Gasteiger partial charge on any atom is -0.340 e. The molecule has 0 atom stereocenters. The van der Waals surface area contributed by atoms with E-state index in [0.29, 0.717) is 18.0 Å². The highest BCUT2D eigenvalue weighted by Gasteiger charge is 2.24. The third-order valence-electron chi connectivity index (χ3n) is 7.23. The first-order valence-corrected chi connectivity index (χ1v) is 14.7. The molecule has 0 bridgehead atoms. The summed E-state index contributed by atoms with van der Waals surface area (Å²) >= 11 is 0. The van der Waals surface area contributed by atoms with Crippen molar-refractivity contribution < 1.29 is 13.2 Å². The molecule has 1 fully saturated rings. The number of piperazine rings is 1. The Bertz CT molecular complexity index is 1500. The van der Waals surface area contributed by atoms with Crippen LogP contribution in [0.4, 0.5) is 0 Å². The topological polar surface area (TPSA) is 75.5 Å². The summed E-state index contributed by atoms with van der Waals surface area (Å²) in [7, 11) is -3.31. The molecule has 1 amide bonds. The van der Waals surface area contributed by atoms with Crippen molar-refractivity contribution in [3.05, 3.63) is 95.8 Å². The number of hydrogen-bond acceptors (Lipinski definition) is 5. The Morgan fingerprint density at radius 1 is 0.816 bits per heavy atom. The summed E-state index contributed by atoms with van der Waals surface area (Å²) in [5, 5.41) is -0.471. The Kier molecular flexibility index (Phi) is 7.63. The molecule has 1 aliphatic rings. The van der Waals surface area contributed by atoms with Crippen molar-refractivity contribution in [1.29, 1.82) is 0 Å². The molecule has 1 aliphatic heterocycles. The molecule has 5 rings (SSSR count). The van der Waals surface area contributed by atoms with Gasteiger partial charge in [0.1, 0.15) is 5.82 Å². The molecule has 8 heteroatoms. The molecule has 1 saturated heterocycles. The predicted octanol–water partition coefficient (Wildman–Crippen LogP) is 4.15.